The quantitative estimate of drug-likeness (QED) is 0.761. The SMILES string of the molecule is Cc1ccc(NC(=O)CN2C(=O)NC3(CCN(CC(C)C)CC3)C2=O)cc1C. The molecule has 0 atom stereocenters. The molecule has 2 aliphatic rings. The first-order valence-electron chi connectivity index (χ1n) is 9.94. The minimum absolute atomic E-state index is 0.269. The molecule has 28 heavy (non-hydrogen) atoms. The molecule has 7 nitrogen and oxygen atoms in total. The number of anilines is 1. The second-order valence-corrected chi connectivity index (χ2v) is 8.45. The molecule has 0 aromatic heterocycles. The van der Waals surface area contributed by atoms with Crippen LogP contribution in [0.4, 0.5) is 10.5 Å². The number of nitrogens with zero attached hydrogens (tertiary/aromatic N) is 2. The van der Waals surface area contributed by atoms with E-state index >= 15 is 0 Å². The summed E-state index contributed by atoms with van der Waals surface area (Å²) < 4.78 is 0. The number of benzene rings is 1. The standard InChI is InChI=1S/C21H30N4O3/c1-14(2)12-24-9-7-21(8-10-24)19(27)25(20(28)23-21)13-18(26)22-17-6-5-15(3)16(4)11-17/h5-6,11,14H,7-10,12-13H2,1-4H3,(H,22,26)(H,23,28). The molecule has 2 fully saturated rings. The Morgan fingerprint density at radius 2 is 1.86 bits per heavy atom. The minimum atomic E-state index is -0.856. The van der Waals surface area contributed by atoms with E-state index in [-0.39, 0.29) is 18.4 Å². The smallest absolute Gasteiger partial charge is 0.325 e. The maximum atomic E-state index is 13.0. The van der Waals surface area contributed by atoms with Crippen LogP contribution in [-0.2, 0) is 9.59 Å². The summed E-state index contributed by atoms with van der Waals surface area (Å²) in [4.78, 5) is 41.1. The first-order chi connectivity index (χ1) is 13.2. The first kappa shape index (κ1) is 20.3. The molecule has 152 valence electrons. The number of piperidine rings is 1. The van der Waals surface area contributed by atoms with Gasteiger partial charge in [0.25, 0.3) is 5.91 Å². The van der Waals surface area contributed by atoms with Crippen LogP contribution in [0, 0.1) is 19.8 Å². The summed E-state index contributed by atoms with van der Waals surface area (Å²) >= 11 is 0. The van der Waals surface area contributed by atoms with Crippen LogP contribution < -0.4 is 10.6 Å². The number of amides is 4. The Bertz CT molecular complexity index is 782. The fourth-order valence-corrected chi connectivity index (χ4v) is 3.96. The zero-order valence-electron chi connectivity index (χ0n) is 17.2. The van der Waals surface area contributed by atoms with Crippen LogP contribution in [0.1, 0.15) is 37.8 Å². The van der Waals surface area contributed by atoms with Gasteiger partial charge in [-0.1, -0.05) is 19.9 Å². The summed E-state index contributed by atoms with van der Waals surface area (Å²) in [6.07, 6.45) is 1.17. The van der Waals surface area contributed by atoms with Crippen molar-refractivity contribution in [3.05, 3.63) is 29.3 Å². The molecule has 0 radical (unpaired) electrons. The van der Waals surface area contributed by atoms with Crippen LogP contribution in [-0.4, -0.2) is 59.4 Å². The number of urea groups is 1. The fraction of sp³-hybridized carbons (Fsp3) is 0.571. The molecule has 2 aliphatic heterocycles. The van der Waals surface area contributed by atoms with Crippen molar-refractivity contribution >= 4 is 23.5 Å². The maximum Gasteiger partial charge on any atom is 0.325 e. The van der Waals surface area contributed by atoms with Crippen LogP contribution in [0.25, 0.3) is 0 Å². The van der Waals surface area contributed by atoms with E-state index < -0.39 is 11.6 Å². The number of imide groups is 1. The zero-order chi connectivity index (χ0) is 20.5. The van der Waals surface area contributed by atoms with Gasteiger partial charge in [0.05, 0.1) is 0 Å². The largest absolute Gasteiger partial charge is 0.325 e. The van der Waals surface area contributed by atoms with Gasteiger partial charge in [-0.2, -0.15) is 0 Å². The van der Waals surface area contributed by atoms with Gasteiger partial charge < -0.3 is 15.5 Å². The Morgan fingerprint density at radius 3 is 2.46 bits per heavy atom. The fourth-order valence-electron chi connectivity index (χ4n) is 3.96. The maximum absolute atomic E-state index is 13.0. The number of carbonyl (C=O) groups excluding carboxylic acids is 3. The summed E-state index contributed by atoms with van der Waals surface area (Å²) in [5, 5.41) is 5.64. The van der Waals surface area contributed by atoms with Gasteiger partial charge in [0.2, 0.25) is 5.91 Å². The molecule has 1 aromatic rings. The second-order valence-electron chi connectivity index (χ2n) is 8.45. The van der Waals surface area contributed by atoms with Crippen LogP contribution in [0.3, 0.4) is 0 Å². The number of nitrogens with one attached hydrogen (secondary N) is 2. The van der Waals surface area contributed by atoms with Gasteiger partial charge in [0, 0.05) is 25.3 Å². The third kappa shape index (κ3) is 4.19. The van der Waals surface area contributed by atoms with E-state index in [2.05, 4.69) is 29.4 Å². The van der Waals surface area contributed by atoms with Gasteiger partial charge in [-0.15, -0.1) is 0 Å². The van der Waals surface area contributed by atoms with Crippen LogP contribution in [0.5, 0.6) is 0 Å². The molecule has 0 unspecified atom stereocenters. The molecule has 1 aromatic carbocycles. The average Bonchev–Trinajstić information content (AvgIpc) is 2.84. The van der Waals surface area contributed by atoms with Crippen molar-refractivity contribution < 1.29 is 14.4 Å². The molecule has 0 bridgehead atoms. The lowest BCUT2D eigenvalue weighted by molar-refractivity contribution is -0.135. The summed E-state index contributed by atoms with van der Waals surface area (Å²) in [5.74, 6) is -0.0912. The zero-order valence-corrected chi connectivity index (χ0v) is 17.2. The lowest BCUT2D eigenvalue weighted by Gasteiger charge is -2.37. The highest BCUT2D eigenvalue weighted by molar-refractivity contribution is 6.10. The lowest BCUT2D eigenvalue weighted by atomic mass is 9.87. The van der Waals surface area contributed by atoms with E-state index in [1.54, 1.807) is 0 Å². The van der Waals surface area contributed by atoms with Crippen molar-refractivity contribution in [2.75, 3.05) is 31.5 Å². The Balaban J connectivity index is 1.61. The van der Waals surface area contributed by atoms with E-state index in [1.807, 2.05) is 32.0 Å². The molecule has 0 aliphatic carbocycles. The van der Waals surface area contributed by atoms with E-state index in [9.17, 15) is 14.4 Å². The Labute approximate surface area is 166 Å². The predicted molar refractivity (Wildman–Crippen MR) is 108 cm³/mol. The summed E-state index contributed by atoms with van der Waals surface area (Å²) in [6, 6.07) is 5.15. The van der Waals surface area contributed by atoms with E-state index in [1.165, 1.54) is 0 Å². The molecular weight excluding hydrogens is 356 g/mol. The number of likely N-dealkylation sites (tertiary alicyclic amines) is 1. The van der Waals surface area contributed by atoms with Gasteiger partial charge in [0.15, 0.2) is 0 Å². The average molecular weight is 386 g/mol. The van der Waals surface area contributed by atoms with Gasteiger partial charge in [0.1, 0.15) is 12.1 Å². The normalized spacial score (nSPS) is 19.4. The number of carbonyl (C=O) groups is 3. The van der Waals surface area contributed by atoms with Crippen molar-refractivity contribution in [2.45, 2.75) is 46.1 Å². The Hall–Kier alpha value is -2.41. The summed E-state index contributed by atoms with van der Waals surface area (Å²) in [5.41, 5.74) is 2.01. The number of aryl methyl sites for hydroxylation is 2. The molecule has 2 N–H and O–H groups in total. The molecule has 1 spiro atoms. The van der Waals surface area contributed by atoms with Gasteiger partial charge in [-0.25, -0.2) is 4.79 Å². The Kier molecular flexibility index (Phi) is 5.74. The molecule has 2 saturated heterocycles. The summed E-state index contributed by atoms with van der Waals surface area (Å²) in [7, 11) is 0. The second kappa shape index (κ2) is 7.91. The van der Waals surface area contributed by atoms with Gasteiger partial charge >= 0.3 is 6.03 Å². The highest BCUT2D eigenvalue weighted by Gasteiger charge is 2.52. The molecule has 4 amide bonds. The third-order valence-electron chi connectivity index (χ3n) is 5.67. The van der Waals surface area contributed by atoms with Gasteiger partial charge in [-0.3, -0.25) is 14.5 Å². The monoisotopic (exact) mass is 386 g/mol. The topological polar surface area (TPSA) is 81.8 Å². The lowest BCUT2D eigenvalue weighted by Crippen LogP contribution is -2.55. The first-order valence-corrected chi connectivity index (χ1v) is 9.94. The molecule has 7 heteroatoms. The van der Waals surface area contributed by atoms with E-state index in [0.717, 1.165) is 35.7 Å². The Morgan fingerprint density at radius 1 is 1.18 bits per heavy atom. The van der Waals surface area contributed by atoms with Crippen LogP contribution in [0.15, 0.2) is 18.2 Å². The van der Waals surface area contributed by atoms with Crippen molar-refractivity contribution in [3.8, 4) is 0 Å². The number of rotatable bonds is 5. The van der Waals surface area contributed by atoms with Crippen molar-refractivity contribution in [3.63, 3.8) is 0 Å². The van der Waals surface area contributed by atoms with Crippen LogP contribution >= 0.6 is 0 Å². The molecule has 3 rings (SSSR count). The molecular formula is C21H30N4O3. The predicted octanol–water partition coefficient (Wildman–Crippen LogP) is 2.28. The van der Waals surface area contributed by atoms with Gasteiger partial charge in [-0.05, 0) is 55.9 Å². The minimum Gasteiger partial charge on any atom is -0.325 e. The highest BCUT2D eigenvalue weighted by Crippen LogP contribution is 2.29. The molecule has 0 saturated carbocycles. The van der Waals surface area contributed by atoms with E-state index in [4.69, 9.17) is 0 Å². The van der Waals surface area contributed by atoms with E-state index in [0.29, 0.717) is 24.4 Å². The van der Waals surface area contributed by atoms with Crippen molar-refractivity contribution in [1.29, 1.82) is 0 Å². The van der Waals surface area contributed by atoms with Crippen molar-refractivity contribution in [1.82, 2.24) is 15.1 Å². The number of hydrogen-bond acceptors (Lipinski definition) is 4. The van der Waals surface area contributed by atoms with Crippen molar-refractivity contribution in [2.24, 2.45) is 5.92 Å². The molecule has 2 heterocycles. The summed E-state index contributed by atoms with van der Waals surface area (Å²) in [6.45, 7) is 10.6. The van der Waals surface area contributed by atoms with Crippen LogP contribution in [0.2, 0.25) is 0 Å². The third-order valence-corrected chi connectivity index (χ3v) is 5.67. The highest BCUT2D eigenvalue weighted by atomic mass is 16.2. The number of hydrogen-bond donors (Lipinski definition) is 2.